The van der Waals surface area contributed by atoms with Gasteiger partial charge in [-0.25, -0.2) is 8.42 Å². The van der Waals surface area contributed by atoms with E-state index in [1.807, 2.05) is 6.92 Å². The topological polar surface area (TPSA) is 37.4 Å². The predicted molar refractivity (Wildman–Crippen MR) is 49.5 cm³/mol. The molecule has 0 radical (unpaired) electrons. The molecular weight excluding hydrogens is 174 g/mol. The van der Waals surface area contributed by atoms with E-state index < -0.39 is 10.0 Å². The Hall–Kier alpha value is -0.0900. The van der Waals surface area contributed by atoms with Gasteiger partial charge in [0.2, 0.25) is 10.0 Å². The second-order valence-corrected chi connectivity index (χ2v) is 5.39. The monoisotopic (exact) mass is 191 g/mol. The third kappa shape index (κ3) is 2.20. The summed E-state index contributed by atoms with van der Waals surface area (Å²) in [5.41, 5.74) is 0. The van der Waals surface area contributed by atoms with Crippen LogP contribution in [0.15, 0.2) is 0 Å². The average molecular weight is 191 g/mol. The van der Waals surface area contributed by atoms with E-state index in [-0.39, 0.29) is 0 Å². The first-order valence-electron chi connectivity index (χ1n) is 4.52. The highest BCUT2D eigenvalue weighted by Crippen LogP contribution is 2.26. The molecular formula is C8H17NO2S. The third-order valence-corrected chi connectivity index (χ3v) is 3.68. The van der Waals surface area contributed by atoms with Crippen molar-refractivity contribution in [3.05, 3.63) is 0 Å². The molecule has 0 aliphatic heterocycles. The fraction of sp³-hybridized carbons (Fsp3) is 1.00. The van der Waals surface area contributed by atoms with Crippen LogP contribution in [-0.4, -0.2) is 31.6 Å². The summed E-state index contributed by atoms with van der Waals surface area (Å²) in [5.74, 6) is 0. The molecule has 1 aliphatic rings. The van der Waals surface area contributed by atoms with Crippen LogP contribution < -0.4 is 0 Å². The van der Waals surface area contributed by atoms with Gasteiger partial charge in [0.25, 0.3) is 0 Å². The van der Waals surface area contributed by atoms with Crippen molar-refractivity contribution < 1.29 is 8.42 Å². The van der Waals surface area contributed by atoms with Gasteiger partial charge in [0.15, 0.2) is 0 Å². The molecule has 4 heteroatoms. The van der Waals surface area contributed by atoms with Crippen LogP contribution in [0.1, 0.15) is 32.6 Å². The molecule has 0 N–H and O–H groups in total. The summed E-state index contributed by atoms with van der Waals surface area (Å²) in [6, 6.07) is 0.306. The summed E-state index contributed by atoms with van der Waals surface area (Å²) in [6.07, 6.45) is 5.49. The van der Waals surface area contributed by atoms with Gasteiger partial charge in [-0.3, -0.25) is 0 Å². The Morgan fingerprint density at radius 3 is 2.25 bits per heavy atom. The van der Waals surface area contributed by atoms with Gasteiger partial charge < -0.3 is 0 Å². The molecule has 72 valence electrons. The highest BCUT2D eigenvalue weighted by molar-refractivity contribution is 7.88. The largest absolute Gasteiger partial charge is 0.212 e. The molecule has 0 amide bonds. The van der Waals surface area contributed by atoms with Crippen molar-refractivity contribution in [2.75, 3.05) is 12.8 Å². The number of rotatable bonds is 4. The molecule has 0 bridgehead atoms. The Morgan fingerprint density at radius 2 is 2.00 bits per heavy atom. The zero-order chi connectivity index (χ0) is 9.19. The second-order valence-electron chi connectivity index (χ2n) is 3.46. The van der Waals surface area contributed by atoms with Gasteiger partial charge in [-0.05, 0) is 19.3 Å². The van der Waals surface area contributed by atoms with Crippen molar-refractivity contribution in [3.63, 3.8) is 0 Å². The number of nitrogens with zero attached hydrogens (tertiary/aromatic N) is 1. The van der Waals surface area contributed by atoms with E-state index >= 15 is 0 Å². The van der Waals surface area contributed by atoms with Crippen molar-refractivity contribution in [3.8, 4) is 0 Å². The maximum absolute atomic E-state index is 11.3. The molecule has 1 aliphatic carbocycles. The van der Waals surface area contributed by atoms with E-state index in [2.05, 4.69) is 0 Å². The molecule has 0 aromatic carbocycles. The van der Waals surface area contributed by atoms with Crippen molar-refractivity contribution in [1.82, 2.24) is 4.31 Å². The lowest BCUT2D eigenvalue weighted by Crippen LogP contribution is -2.43. The normalized spacial score (nSPS) is 19.6. The maximum Gasteiger partial charge on any atom is 0.211 e. The summed E-state index contributed by atoms with van der Waals surface area (Å²) in [6.45, 7) is 2.69. The van der Waals surface area contributed by atoms with Crippen LogP contribution in [0.25, 0.3) is 0 Å². The lowest BCUT2D eigenvalue weighted by atomic mass is 9.93. The van der Waals surface area contributed by atoms with Crippen LogP contribution in [0.5, 0.6) is 0 Å². The van der Waals surface area contributed by atoms with Gasteiger partial charge in [-0.15, -0.1) is 0 Å². The molecule has 0 unspecified atom stereocenters. The Labute approximate surface area is 74.8 Å². The Balaban J connectivity index is 2.60. The Kier molecular flexibility index (Phi) is 3.12. The molecule has 0 aromatic rings. The van der Waals surface area contributed by atoms with E-state index in [0.717, 1.165) is 19.3 Å². The molecule has 3 nitrogen and oxygen atoms in total. The van der Waals surface area contributed by atoms with Crippen molar-refractivity contribution in [2.24, 2.45) is 0 Å². The summed E-state index contributed by atoms with van der Waals surface area (Å²) >= 11 is 0. The van der Waals surface area contributed by atoms with E-state index in [1.54, 1.807) is 4.31 Å². The van der Waals surface area contributed by atoms with Crippen LogP contribution >= 0.6 is 0 Å². The summed E-state index contributed by atoms with van der Waals surface area (Å²) in [4.78, 5) is 0. The lowest BCUT2D eigenvalue weighted by Gasteiger charge is -2.35. The van der Waals surface area contributed by atoms with E-state index in [1.165, 1.54) is 12.7 Å². The SMILES string of the molecule is CCCN(C1CCC1)S(C)(=O)=O. The highest BCUT2D eigenvalue weighted by atomic mass is 32.2. The van der Waals surface area contributed by atoms with Crippen LogP contribution in [-0.2, 0) is 10.0 Å². The zero-order valence-electron chi connectivity index (χ0n) is 7.78. The molecule has 0 atom stereocenters. The maximum atomic E-state index is 11.3. The number of hydrogen-bond acceptors (Lipinski definition) is 2. The fourth-order valence-electron chi connectivity index (χ4n) is 1.51. The van der Waals surface area contributed by atoms with Gasteiger partial charge >= 0.3 is 0 Å². The smallest absolute Gasteiger partial charge is 0.211 e. The standard InChI is InChI=1S/C8H17NO2S/c1-3-7-9(12(2,10)11)8-5-4-6-8/h8H,3-7H2,1-2H3. The van der Waals surface area contributed by atoms with Crippen molar-refractivity contribution >= 4 is 10.0 Å². The molecule has 1 fully saturated rings. The molecule has 1 saturated carbocycles. The molecule has 0 saturated heterocycles. The Morgan fingerprint density at radius 1 is 1.42 bits per heavy atom. The summed E-state index contributed by atoms with van der Waals surface area (Å²) in [5, 5.41) is 0. The molecule has 12 heavy (non-hydrogen) atoms. The minimum atomic E-state index is -2.95. The van der Waals surface area contributed by atoms with Crippen LogP contribution in [0.3, 0.4) is 0 Å². The number of sulfonamides is 1. The average Bonchev–Trinajstić information content (AvgIpc) is 1.80. The van der Waals surface area contributed by atoms with E-state index in [0.29, 0.717) is 12.6 Å². The molecule has 1 rings (SSSR count). The van der Waals surface area contributed by atoms with Crippen LogP contribution in [0.2, 0.25) is 0 Å². The quantitative estimate of drug-likeness (QED) is 0.670. The Bertz CT molecular complexity index is 231. The fourth-order valence-corrected chi connectivity index (χ4v) is 2.78. The minimum Gasteiger partial charge on any atom is -0.212 e. The zero-order valence-corrected chi connectivity index (χ0v) is 8.60. The van der Waals surface area contributed by atoms with Crippen LogP contribution in [0, 0.1) is 0 Å². The molecule has 0 aromatic heterocycles. The second kappa shape index (κ2) is 3.75. The van der Waals surface area contributed by atoms with E-state index in [4.69, 9.17) is 0 Å². The van der Waals surface area contributed by atoms with Crippen molar-refractivity contribution in [1.29, 1.82) is 0 Å². The van der Waals surface area contributed by atoms with Gasteiger partial charge in [-0.1, -0.05) is 13.3 Å². The lowest BCUT2D eigenvalue weighted by molar-refractivity contribution is 0.221. The molecule has 0 spiro atoms. The third-order valence-electron chi connectivity index (χ3n) is 2.35. The van der Waals surface area contributed by atoms with Gasteiger partial charge in [0, 0.05) is 12.6 Å². The number of hydrogen-bond donors (Lipinski definition) is 0. The first kappa shape index (κ1) is 9.99. The molecule has 0 heterocycles. The first-order valence-corrected chi connectivity index (χ1v) is 6.37. The summed E-state index contributed by atoms with van der Waals surface area (Å²) < 4.78 is 24.2. The van der Waals surface area contributed by atoms with Gasteiger partial charge in [0.05, 0.1) is 6.26 Å². The summed E-state index contributed by atoms with van der Waals surface area (Å²) in [7, 11) is -2.95. The van der Waals surface area contributed by atoms with Gasteiger partial charge in [0.1, 0.15) is 0 Å². The van der Waals surface area contributed by atoms with E-state index in [9.17, 15) is 8.42 Å². The van der Waals surface area contributed by atoms with Crippen molar-refractivity contribution in [2.45, 2.75) is 38.6 Å². The van der Waals surface area contributed by atoms with Crippen LogP contribution in [0.4, 0.5) is 0 Å². The first-order chi connectivity index (χ1) is 5.55. The highest BCUT2D eigenvalue weighted by Gasteiger charge is 2.30. The minimum absolute atomic E-state index is 0.306. The van der Waals surface area contributed by atoms with Gasteiger partial charge in [-0.2, -0.15) is 4.31 Å². The predicted octanol–water partition coefficient (Wildman–Crippen LogP) is 1.21.